The summed E-state index contributed by atoms with van der Waals surface area (Å²) in [5.74, 6) is 0.481. The van der Waals surface area contributed by atoms with E-state index in [0.717, 1.165) is 57.6 Å². The third kappa shape index (κ3) is 4.08. The Morgan fingerprint density at radius 2 is 2.00 bits per heavy atom. The van der Waals surface area contributed by atoms with E-state index in [1.165, 1.54) is 12.5 Å². The Labute approximate surface area is 190 Å². The van der Waals surface area contributed by atoms with Gasteiger partial charge in [-0.2, -0.15) is 0 Å². The first-order valence-electron chi connectivity index (χ1n) is 11.6. The van der Waals surface area contributed by atoms with E-state index in [0.29, 0.717) is 17.8 Å². The molecule has 4 fully saturated rings. The number of piperidine rings is 1. The van der Waals surface area contributed by atoms with Crippen LogP contribution < -0.4 is 9.64 Å². The Kier molecular flexibility index (Phi) is 5.26. The van der Waals surface area contributed by atoms with E-state index >= 15 is 0 Å². The molecule has 33 heavy (non-hydrogen) atoms. The average molecular weight is 462 g/mol. The molecule has 1 spiro atoms. The molecule has 1 aromatic carbocycles. The molecule has 6 rings (SSSR count). The van der Waals surface area contributed by atoms with Crippen LogP contribution in [0.3, 0.4) is 0 Å². The minimum absolute atomic E-state index is 0.0551. The molecule has 8 nitrogen and oxygen atoms in total. The topological polar surface area (TPSA) is 73.1 Å². The molecule has 4 aliphatic heterocycles. The van der Waals surface area contributed by atoms with Crippen LogP contribution >= 0.6 is 0 Å². The number of aromatic nitrogens is 2. The van der Waals surface area contributed by atoms with Gasteiger partial charge in [0, 0.05) is 11.6 Å². The fourth-order valence-corrected chi connectivity index (χ4v) is 5.52. The zero-order valence-electron chi connectivity index (χ0n) is 18.4. The predicted octanol–water partition coefficient (Wildman–Crippen LogP) is 2.55. The number of hydrogen-bond acceptors (Lipinski definition) is 8. The van der Waals surface area contributed by atoms with Gasteiger partial charge in [-0.1, -0.05) is 5.10 Å². The van der Waals surface area contributed by atoms with Gasteiger partial charge in [0.25, 0.3) is 0 Å². The first-order valence-corrected chi connectivity index (χ1v) is 11.6. The summed E-state index contributed by atoms with van der Waals surface area (Å²) >= 11 is 0. The zero-order valence-corrected chi connectivity index (χ0v) is 18.4. The fourth-order valence-electron chi connectivity index (χ4n) is 5.52. The van der Waals surface area contributed by atoms with Crippen molar-refractivity contribution in [3.63, 3.8) is 0 Å². The second-order valence-corrected chi connectivity index (χ2v) is 9.85. The predicted molar refractivity (Wildman–Crippen MR) is 114 cm³/mol. The molecule has 0 radical (unpaired) electrons. The van der Waals surface area contributed by atoms with Crippen molar-refractivity contribution in [2.75, 3.05) is 57.5 Å². The van der Waals surface area contributed by atoms with Crippen molar-refractivity contribution in [1.82, 2.24) is 15.1 Å². The van der Waals surface area contributed by atoms with Crippen LogP contribution in [0, 0.1) is 5.82 Å². The molecule has 10 heteroatoms. The van der Waals surface area contributed by atoms with Gasteiger partial charge in [-0.15, -0.1) is 5.10 Å². The summed E-state index contributed by atoms with van der Waals surface area (Å²) < 4.78 is 50.6. The van der Waals surface area contributed by atoms with Crippen LogP contribution in [0.15, 0.2) is 29.0 Å². The maximum atomic E-state index is 14.3. The van der Waals surface area contributed by atoms with Crippen LogP contribution in [0.25, 0.3) is 0 Å². The van der Waals surface area contributed by atoms with Crippen LogP contribution in [0.4, 0.5) is 14.8 Å². The Balaban J connectivity index is 1.04. The van der Waals surface area contributed by atoms with Gasteiger partial charge in [0.1, 0.15) is 23.8 Å². The average Bonchev–Trinajstić information content (AvgIpc) is 3.46. The number of alkyl halides is 1. The minimum atomic E-state index is -1.44. The number of benzene rings is 1. The summed E-state index contributed by atoms with van der Waals surface area (Å²) in [6.07, 6.45) is 4.13. The highest BCUT2D eigenvalue weighted by atomic mass is 19.1. The minimum Gasteiger partial charge on any atom is -0.490 e. The van der Waals surface area contributed by atoms with E-state index in [1.54, 1.807) is 12.1 Å². The molecule has 0 N–H and O–H groups in total. The van der Waals surface area contributed by atoms with Gasteiger partial charge in [-0.05, 0) is 56.5 Å². The SMILES string of the molecule is Fc1ccc(OCC2(F)COC2)c(C2CCN(C3COC4(C3)CN(c3nnco3)C4)CC2)c1. The van der Waals surface area contributed by atoms with E-state index in [1.807, 2.05) is 4.90 Å². The quantitative estimate of drug-likeness (QED) is 0.649. The lowest BCUT2D eigenvalue weighted by atomic mass is 9.86. The van der Waals surface area contributed by atoms with Crippen LogP contribution in [0.1, 0.15) is 30.7 Å². The smallest absolute Gasteiger partial charge is 0.318 e. The molecule has 2 aromatic rings. The molecule has 0 amide bonds. The van der Waals surface area contributed by atoms with Crippen molar-refractivity contribution in [2.45, 2.75) is 42.5 Å². The van der Waals surface area contributed by atoms with Gasteiger partial charge in [-0.25, -0.2) is 8.78 Å². The van der Waals surface area contributed by atoms with E-state index in [-0.39, 0.29) is 37.2 Å². The standard InChI is InChI=1S/C23H28F2N4O4/c24-17-1-2-20(31-14-22(25)12-30-13-22)19(7-17)16-3-5-28(6-4-16)18-8-23(33-9-18)10-29(11-23)21-27-26-15-32-21/h1-2,7,15-16,18H,3-6,8-14H2. The van der Waals surface area contributed by atoms with Crippen LogP contribution in [0.2, 0.25) is 0 Å². The van der Waals surface area contributed by atoms with Crippen molar-refractivity contribution in [3.8, 4) is 5.75 Å². The Hall–Kier alpha value is -2.30. The Morgan fingerprint density at radius 1 is 1.18 bits per heavy atom. The van der Waals surface area contributed by atoms with Gasteiger partial charge in [0.2, 0.25) is 6.39 Å². The Morgan fingerprint density at radius 3 is 2.70 bits per heavy atom. The number of ether oxygens (including phenoxy) is 3. The van der Waals surface area contributed by atoms with Gasteiger partial charge in [-0.3, -0.25) is 4.90 Å². The molecule has 1 unspecified atom stereocenters. The lowest BCUT2D eigenvalue weighted by Gasteiger charge is -2.46. The van der Waals surface area contributed by atoms with Gasteiger partial charge in [0.05, 0.1) is 32.9 Å². The van der Waals surface area contributed by atoms with Crippen LogP contribution in [-0.2, 0) is 9.47 Å². The summed E-state index contributed by atoms with van der Waals surface area (Å²) in [6, 6.07) is 5.47. The van der Waals surface area contributed by atoms with Crippen LogP contribution in [-0.4, -0.2) is 85.0 Å². The van der Waals surface area contributed by atoms with Crippen molar-refractivity contribution in [3.05, 3.63) is 36.0 Å². The number of likely N-dealkylation sites (tertiary alicyclic amines) is 1. The Bertz CT molecular complexity index is 973. The van der Waals surface area contributed by atoms with Gasteiger partial charge in [0.15, 0.2) is 5.67 Å². The fraction of sp³-hybridized carbons (Fsp3) is 0.652. The van der Waals surface area contributed by atoms with Gasteiger partial charge < -0.3 is 23.5 Å². The molecule has 1 atom stereocenters. The largest absolute Gasteiger partial charge is 0.490 e. The van der Waals surface area contributed by atoms with E-state index in [2.05, 4.69) is 15.1 Å². The molecular formula is C23H28F2N4O4. The number of hydrogen-bond donors (Lipinski definition) is 0. The van der Waals surface area contributed by atoms with Crippen molar-refractivity contribution >= 4 is 6.01 Å². The van der Waals surface area contributed by atoms with E-state index in [9.17, 15) is 8.78 Å². The van der Waals surface area contributed by atoms with Crippen molar-refractivity contribution in [1.29, 1.82) is 0 Å². The molecular weight excluding hydrogens is 434 g/mol. The third-order valence-electron chi connectivity index (χ3n) is 7.43. The lowest BCUT2D eigenvalue weighted by molar-refractivity contribution is -0.146. The summed E-state index contributed by atoms with van der Waals surface area (Å²) in [5.41, 5.74) is -0.729. The second kappa shape index (κ2) is 8.18. The normalized spacial score (nSPS) is 26.8. The third-order valence-corrected chi connectivity index (χ3v) is 7.43. The summed E-state index contributed by atoms with van der Waals surface area (Å²) in [7, 11) is 0. The molecule has 178 valence electrons. The van der Waals surface area contributed by atoms with Crippen molar-refractivity contribution < 1.29 is 27.4 Å². The first-order chi connectivity index (χ1) is 16.0. The monoisotopic (exact) mass is 462 g/mol. The lowest BCUT2D eigenvalue weighted by Crippen LogP contribution is -2.62. The molecule has 4 saturated heterocycles. The molecule has 0 saturated carbocycles. The first kappa shape index (κ1) is 21.2. The zero-order chi connectivity index (χ0) is 22.5. The molecule has 4 aliphatic rings. The molecule has 5 heterocycles. The maximum Gasteiger partial charge on any atom is 0.318 e. The van der Waals surface area contributed by atoms with Crippen LogP contribution in [0.5, 0.6) is 5.75 Å². The summed E-state index contributed by atoms with van der Waals surface area (Å²) in [4.78, 5) is 4.53. The second-order valence-electron chi connectivity index (χ2n) is 9.85. The number of anilines is 1. The molecule has 0 bridgehead atoms. The number of nitrogens with zero attached hydrogens (tertiary/aromatic N) is 4. The molecule has 1 aromatic heterocycles. The number of halogens is 2. The van der Waals surface area contributed by atoms with E-state index < -0.39 is 5.67 Å². The van der Waals surface area contributed by atoms with Gasteiger partial charge >= 0.3 is 6.01 Å². The van der Waals surface area contributed by atoms with Crippen molar-refractivity contribution in [2.24, 2.45) is 0 Å². The maximum absolute atomic E-state index is 14.3. The highest BCUT2D eigenvalue weighted by molar-refractivity contribution is 5.38. The highest BCUT2D eigenvalue weighted by Gasteiger charge is 2.52. The summed E-state index contributed by atoms with van der Waals surface area (Å²) in [6.45, 7) is 4.14. The van der Waals surface area contributed by atoms with E-state index in [4.69, 9.17) is 18.6 Å². The molecule has 0 aliphatic carbocycles. The highest BCUT2D eigenvalue weighted by Crippen LogP contribution is 2.41. The summed E-state index contributed by atoms with van der Waals surface area (Å²) in [5, 5.41) is 7.70. The number of rotatable bonds is 6.